The Labute approximate surface area is 77.7 Å². The van der Waals surface area contributed by atoms with Gasteiger partial charge in [-0.3, -0.25) is 0 Å². The molecule has 1 saturated heterocycles. The molecule has 1 aliphatic rings. The normalized spacial score (nSPS) is 17.8. The van der Waals surface area contributed by atoms with Crippen LogP contribution in [0, 0.1) is 6.92 Å². The second-order valence-corrected chi connectivity index (χ2v) is 3.35. The maximum absolute atomic E-state index is 5.82. The van der Waals surface area contributed by atoms with Crippen LogP contribution < -0.4 is 16.0 Å². The summed E-state index contributed by atoms with van der Waals surface area (Å²) in [6.45, 7) is 5.86. The van der Waals surface area contributed by atoms with Crippen molar-refractivity contribution in [2.45, 2.75) is 6.92 Å². The Balaban J connectivity index is 2.18. The van der Waals surface area contributed by atoms with Crippen molar-refractivity contribution >= 4 is 11.6 Å². The summed E-state index contributed by atoms with van der Waals surface area (Å²) in [5.41, 5.74) is 6.57. The molecule has 4 heteroatoms. The first kappa shape index (κ1) is 8.44. The zero-order valence-electron chi connectivity index (χ0n) is 7.84. The molecule has 2 rings (SSSR count). The van der Waals surface area contributed by atoms with Gasteiger partial charge in [-0.15, -0.1) is 0 Å². The van der Waals surface area contributed by atoms with Crippen molar-refractivity contribution in [1.82, 2.24) is 5.32 Å². The van der Waals surface area contributed by atoms with E-state index in [1.165, 1.54) is 0 Å². The van der Waals surface area contributed by atoms with Gasteiger partial charge in [0, 0.05) is 32.2 Å². The van der Waals surface area contributed by atoms with Crippen LogP contribution in [-0.4, -0.2) is 26.2 Å². The number of nitrogens with two attached hydrogens (primary N) is 1. The van der Waals surface area contributed by atoms with E-state index in [1.54, 1.807) is 0 Å². The van der Waals surface area contributed by atoms with E-state index >= 15 is 0 Å². The molecule has 0 radical (unpaired) electrons. The summed E-state index contributed by atoms with van der Waals surface area (Å²) in [6, 6.07) is 1.87. The molecule has 0 aliphatic carbocycles. The minimum Gasteiger partial charge on any atom is -0.444 e. The van der Waals surface area contributed by atoms with E-state index in [1.807, 2.05) is 13.0 Å². The Morgan fingerprint density at radius 1 is 1.46 bits per heavy atom. The van der Waals surface area contributed by atoms with E-state index in [0.717, 1.165) is 43.5 Å². The van der Waals surface area contributed by atoms with Gasteiger partial charge in [-0.1, -0.05) is 0 Å². The first-order valence-corrected chi connectivity index (χ1v) is 4.59. The molecule has 0 spiro atoms. The van der Waals surface area contributed by atoms with Gasteiger partial charge in [-0.2, -0.15) is 0 Å². The fraction of sp³-hybridized carbons (Fsp3) is 0.556. The summed E-state index contributed by atoms with van der Waals surface area (Å²) in [5.74, 6) is 1.71. The van der Waals surface area contributed by atoms with Gasteiger partial charge in [0.1, 0.15) is 5.76 Å². The summed E-state index contributed by atoms with van der Waals surface area (Å²) in [4.78, 5) is 2.18. The molecule has 1 aliphatic heterocycles. The Hall–Kier alpha value is -1.16. The maximum atomic E-state index is 5.82. The summed E-state index contributed by atoms with van der Waals surface area (Å²) < 4.78 is 5.53. The number of rotatable bonds is 1. The Morgan fingerprint density at radius 2 is 2.15 bits per heavy atom. The lowest BCUT2D eigenvalue weighted by atomic mass is 10.3. The van der Waals surface area contributed by atoms with Crippen molar-refractivity contribution < 1.29 is 4.42 Å². The van der Waals surface area contributed by atoms with Crippen LogP contribution in [0.1, 0.15) is 5.76 Å². The van der Waals surface area contributed by atoms with Gasteiger partial charge < -0.3 is 20.4 Å². The van der Waals surface area contributed by atoms with Crippen LogP contribution in [0.2, 0.25) is 0 Å². The highest BCUT2D eigenvalue weighted by Crippen LogP contribution is 2.26. The van der Waals surface area contributed by atoms with Gasteiger partial charge >= 0.3 is 0 Å². The largest absolute Gasteiger partial charge is 0.444 e. The van der Waals surface area contributed by atoms with Crippen molar-refractivity contribution in [3.05, 3.63) is 11.8 Å². The molecule has 1 fully saturated rings. The highest BCUT2D eigenvalue weighted by Gasteiger charge is 2.16. The van der Waals surface area contributed by atoms with Gasteiger partial charge in [0.05, 0.1) is 5.69 Å². The van der Waals surface area contributed by atoms with E-state index in [-0.39, 0.29) is 0 Å². The maximum Gasteiger partial charge on any atom is 0.218 e. The second-order valence-electron chi connectivity index (χ2n) is 3.35. The van der Waals surface area contributed by atoms with Crippen molar-refractivity contribution in [3.8, 4) is 0 Å². The number of nitrogen functional groups attached to an aromatic ring is 1. The molecule has 0 bridgehead atoms. The average molecular weight is 181 g/mol. The van der Waals surface area contributed by atoms with Crippen LogP contribution in [0.3, 0.4) is 0 Å². The molecular formula is C9H15N3O. The van der Waals surface area contributed by atoms with Gasteiger partial charge in [0.2, 0.25) is 5.88 Å². The van der Waals surface area contributed by atoms with Crippen LogP contribution in [0.15, 0.2) is 10.5 Å². The molecule has 1 aromatic rings. The lowest BCUT2D eigenvalue weighted by Gasteiger charge is -2.27. The molecule has 0 aromatic carbocycles. The third-order valence-electron chi connectivity index (χ3n) is 2.27. The molecule has 2 heterocycles. The van der Waals surface area contributed by atoms with Crippen LogP contribution in [-0.2, 0) is 0 Å². The van der Waals surface area contributed by atoms with Gasteiger partial charge in [0.15, 0.2) is 0 Å². The minimum atomic E-state index is 0.749. The summed E-state index contributed by atoms with van der Waals surface area (Å²) in [5, 5.41) is 3.29. The smallest absolute Gasteiger partial charge is 0.218 e. The average Bonchev–Trinajstić information content (AvgIpc) is 2.47. The number of nitrogens with zero attached hydrogens (tertiary/aromatic N) is 1. The highest BCUT2D eigenvalue weighted by molar-refractivity contribution is 5.62. The number of nitrogens with one attached hydrogen (secondary N) is 1. The van der Waals surface area contributed by atoms with E-state index in [4.69, 9.17) is 10.2 Å². The fourth-order valence-electron chi connectivity index (χ4n) is 1.64. The third-order valence-corrected chi connectivity index (χ3v) is 2.27. The topological polar surface area (TPSA) is 54.4 Å². The van der Waals surface area contributed by atoms with Crippen molar-refractivity contribution in [3.63, 3.8) is 0 Å². The predicted molar refractivity (Wildman–Crippen MR) is 52.9 cm³/mol. The predicted octanol–water partition coefficient (Wildman–Crippen LogP) is 0.580. The molecule has 13 heavy (non-hydrogen) atoms. The molecule has 3 N–H and O–H groups in total. The zero-order chi connectivity index (χ0) is 9.26. The Kier molecular flexibility index (Phi) is 2.14. The SMILES string of the molecule is Cc1cc(N)c(N2CCNCC2)o1. The van der Waals surface area contributed by atoms with Crippen molar-refractivity contribution in [2.24, 2.45) is 0 Å². The fourth-order valence-corrected chi connectivity index (χ4v) is 1.64. The molecule has 0 atom stereocenters. The number of piperazine rings is 1. The summed E-state index contributed by atoms with van der Waals surface area (Å²) >= 11 is 0. The lowest BCUT2D eigenvalue weighted by Crippen LogP contribution is -2.43. The number of hydrogen-bond donors (Lipinski definition) is 2. The zero-order valence-corrected chi connectivity index (χ0v) is 7.84. The molecule has 0 saturated carbocycles. The highest BCUT2D eigenvalue weighted by atomic mass is 16.4. The number of anilines is 2. The molecule has 72 valence electrons. The Bertz CT molecular complexity index is 289. The van der Waals surface area contributed by atoms with Gasteiger partial charge in [-0.25, -0.2) is 0 Å². The standard InChI is InChI=1S/C9H15N3O/c1-7-6-8(10)9(13-7)12-4-2-11-3-5-12/h6,11H,2-5,10H2,1H3. The number of furan rings is 1. The molecule has 0 unspecified atom stereocenters. The van der Waals surface area contributed by atoms with E-state index < -0.39 is 0 Å². The molecular weight excluding hydrogens is 166 g/mol. The van der Waals surface area contributed by atoms with Crippen molar-refractivity contribution in [1.29, 1.82) is 0 Å². The quantitative estimate of drug-likeness (QED) is 0.665. The van der Waals surface area contributed by atoms with Crippen LogP contribution in [0.25, 0.3) is 0 Å². The van der Waals surface area contributed by atoms with Gasteiger partial charge in [0.25, 0.3) is 0 Å². The molecule has 0 amide bonds. The van der Waals surface area contributed by atoms with Crippen LogP contribution >= 0.6 is 0 Å². The monoisotopic (exact) mass is 181 g/mol. The number of hydrogen-bond acceptors (Lipinski definition) is 4. The number of aryl methyl sites for hydroxylation is 1. The van der Waals surface area contributed by atoms with Crippen molar-refractivity contribution in [2.75, 3.05) is 36.8 Å². The lowest BCUT2D eigenvalue weighted by molar-refractivity contribution is 0.491. The first-order valence-electron chi connectivity index (χ1n) is 4.59. The van der Waals surface area contributed by atoms with Crippen LogP contribution in [0.4, 0.5) is 11.6 Å². The van der Waals surface area contributed by atoms with E-state index in [2.05, 4.69) is 10.2 Å². The van der Waals surface area contributed by atoms with E-state index in [0.29, 0.717) is 0 Å². The summed E-state index contributed by atoms with van der Waals surface area (Å²) in [7, 11) is 0. The minimum absolute atomic E-state index is 0.749. The second kappa shape index (κ2) is 3.30. The van der Waals surface area contributed by atoms with Gasteiger partial charge in [-0.05, 0) is 6.92 Å². The first-order chi connectivity index (χ1) is 6.27. The molecule has 1 aromatic heterocycles. The molecule has 4 nitrogen and oxygen atoms in total. The third kappa shape index (κ3) is 1.62. The summed E-state index contributed by atoms with van der Waals surface area (Å²) in [6.07, 6.45) is 0. The van der Waals surface area contributed by atoms with Crippen LogP contribution in [0.5, 0.6) is 0 Å². The van der Waals surface area contributed by atoms with E-state index in [9.17, 15) is 0 Å². The Morgan fingerprint density at radius 3 is 2.69 bits per heavy atom.